The molecule has 0 saturated carbocycles. The number of rotatable bonds is 7. The Morgan fingerprint density at radius 1 is 1.04 bits per heavy atom. The molecule has 0 aliphatic heterocycles. The van der Waals surface area contributed by atoms with E-state index in [1.807, 2.05) is 55.7 Å². The van der Waals surface area contributed by atoms with Crippen LogP contribution in [0.4, 0.5) is 0 Å². The quantitative estimate of drug-likeness (QED) is 0.518. The van der Waals surface area contributed by atoms with E-state index in [0.717, 1.165) is 23.9 Å². The highest BCUT2D eigenvalue weighted by molar-refractivity contribution is 6.44. The second-order valence-electron chi connectivity index (χ2n) is 6.81. The molecule has 0 saturated heterocycles. The lowest BCUT2D eigenvalue weighted by Gasteiger charge is -2.21. The third-order valence-corrected chi connectivity index (χ3v) is 4.77. The van der Waals surface area contributed by atoms with Crippen molar-refractivity contribution in [2.24, 2.45) is 0 Å². The third-order valence-electron chi connectivity index (χ3n) is 4.77. The number of ketones is 1. The van der Waals surface area contributed by atoms with Crippen LogP contribution in [0.25, 0.3) is 10.9 Å². The maximum atomic E-state index is 12.8. The summed E-state index contributed by atoms with van der Waals surface area (Å²) in [5.41, 5.74) is 2.58. The first kappa shape index (κ1) is 18.9. The van der Waals surface area contributed by atoms with Gasteiger partial charge in [-0.2, -0.15) is 0 Å². The molecule has 0 spiro atoms. The monoisotopic (exact) mass is 363 g/mol. The summed E-state index contributed by atoms with van der Waals surface area (Å²) in [6.07, 6.45) is 2.70. The molecule has 27 heavy (non-hydrogen) atoms. The van der Waals surface area contributed by atoms with Gasteiger partial charge in [-0.1, -0.05) is 48.5 Å². The molecule has 3 aromatic rings. The Morgan fingerprint density at radius 3 is 2.37 bits per heavy atom. The van der Waals surface area contributed by atoms with Crippen LogP contribution in [0.2, 0.25) is 0 Å². The lowest BCUT2D eigenvalue weighted by Crippen LogP contribution is -2.29. The molecule has 0 aliphatic rings. The maximum Gasteiger partial charge on any atom is 0.294 e. The smallest absolute Gasteiger partial charge is 0.294 e. The molecule has 0 radical (unpaired) electrons. The zero-order chi connectivity index (χ0) is 19.4. The van der Waals surface area contributed by atoms with Crippen molar-refractivity contribution in [2.45, 2.75) is 12.5 Å². The Hall–Kier alpha value is -2.92. The zero-order valence-electron chi connectivity index (χ0n) is 16.0. The van der Waals surface area contributed by atoms with E-state index in [1.54, 1.807) is 14.1 Å². The number of Topliss-reactive ketones (excluding diaryl/α,β-unsaturated/α-hetero) is 1. The van der Waals surface area contributed by atoms with Crippen LogP contribution >= 0.6 is 0 Å². The van der Waals surface area contributed by atoms with Crippen molar-refractivity contribution in [3.8, 4) is 0 Å². The van der Waals surface area contributed by atoms with Crippen molar-refractivity contribution in [3.05, 3.63) is 71.9 Å². The predicted molar refractivity (Wildman–Crippen MR) is 108 cm³/mol. The summed E-state index contributed by atoms with van der Waals surface area (Å²) in [7, 11) is 5.12. The fourth-order valence-electron chi connectivity index (χ4n) is 3.38. The number of carbonyl (C=O) groups excluding carboxylic acids is 2. The second kappa shape index (κ2) is 8.18. The van der Waals surface area contributed by atoms with Gasteiger partial charge in [-0.15, -0.1) is 0 Å². The lowest BCUT2D eigenvalue weighted by molar-refractivity contribution is -0.124. The Balaban J connectivity index is 2.15. The summed E-state index contributed by atoms with van der Waals surface area (Å²) in [5.74, 6) is -0.986. The molecule has 1 atom stereocenters. The Labute approximate surface area is 159 Å². The number of carbonyl (C=O) groups is 2. The maximum absolute atomic E-state index is 12.8. The number of hydrogen-bond donors (Lipinski definition) is 1. The van der Waals surface area contributed by atoms with Crippen molar-refractivity contribution in [3.63, 3.8) is 0 Å². The molecule has 1 N–H and O–H groups in total. The number of nitrogens with zero attached hydrogens (tertiary/aromatic N) is 2. The van der Waals surface area contributed by atoms with Crippen LogP contribution in [0.15, 0.2) is 60.8 Å². The zero-order valence-corrected chi connectivity index (χ0v) is 16.0. The van der Waals surface area contributed by atoms with Crippen molar-refractivity contribution in [1.29, 1.82) is 0 Å². The van der Waals surface area contributed by atoms with Crippen LogP contribution in [-0.4, -0.2) is 48.8 Å². The van der Waals surface area contributed by atoms with Crippen LogP contribution in [0.3, 0.4) is 0 Å². The summed E-state index contributed by atoms with van der Waals surface area (Å²) in [5, 5.41) is 4.02. The molecule has 140 valence electrons. The molecule has 1 heterocycles. The number of likely N-dealkylation sites (N-methyl/N-ethyl adjacent to an activating group) is 1. The van der Waals surface area contributed by atoms with Gasteiger partial charge in [-0.3, -0.25) is 9.59 Å². The minimum Gasteiger partial charge on any atom is -0.342 e. The van der Waals surface area contributed by atoms with Crippen LogP contribution in [0.5, 0.6) is 0 Å². The van der Waals surface area contributed by atoms with E-state index in [2.05, 4.69) is 22.0 Å². The molecule has 0 bridgehead atoms. The number of nitrogens with one attached hydrogen (secondary N) is 1. The number of amides is 1. The Bertz CT molecular complexity index is 945. The lowest BCUT2D eigenvalue weighted by atomic mass is 10.0. The molecular formula is C22H25N3O2. The first-order valence-corrected chi connectivity index (χ1v) is 9.09. The minimum atomic E-state index is -0.510. The minimum absolute atomic E-state index is 0.0690. The summed E-state index contributed by atoms with van der Waals surface area (Å²) in [6.45, 7) is 0.839. The molecule has 3 rings (SSSR count). The van der Waals surface area contributed by atoms with Crippen molar-refractivity contribution < 1.29 is 9.59 Å². The van der Waals surface area contributed by atoms with Gasteiger partial charge in [0, 0.05) is 31.2 Å². The van der Waals surface area contributed by atoms with Gasteiger partial charge in [0.25, 0.3) is 11.7 Å². The highest BCUT2D eigenvalue weighted by Gasteiger charge is 2.25. The molecule has 1 aromatic heterocycles. The average Bonchev–Trinajstić information content (AvgIpc) is 3.07. The van der Waals surface area contributed by atoms with Gasteiger partial charge in [0.2, 0.25) is 0 Å². The molecule has 5 nitrogen and oxygen atoms in total. The van der Waals surface area contributed by atoms with Gasteiger partial charge < -0.3 is 14.8 Å². The third kappa shape index (κ3) is 3.78. The highest BCUT2D eigenvalue weighted by Crippen LogP contribution is 2.30. The van der Waals surface area contributed by atoms with E-state index < -0.39 is 11.7 Å². The van der Waals surface area contributed by atoms with Gasteiger partial charge in [0.1, 0.15) is 0 Å². The first-order valence-electron chi connectivity index (χ1n) is 9.09. The SMILES string of the molecule is CNCCC(c1ccccc1)n1cc(C(=O)C(=O)N(C)C)c2ccccc21. The molecular weight excluding hydrogens is 338 g/mol. The molecule has 2 aromatic carbocycles. The van der Waals surface area contributed by atoms with Crippen molar-refractivity contribution in [1.82, 2.24) is 14.8 Å². The van der Waals surface area contributed by atoms with Crippen LogP contribution in [0, 0.1) is 0 Å². The number of benzene rings is 2. The molecule has 5 heteroatoms. The molecule has 1 amide bonds. The second-order valence-corrected chi connectivity index (χ2v) is 6.81. The fourth-order valence-corrected chi connectivity index (χ4v) is 3.38. The number of hydrogen-bond acceptors (Lipinski definition) is 3. The summed E-state index contributed by atoms with van der Waals surface area (Å²) >= 11 is 0. The summed E-state index contributed by atoms with van der Waals surface area (Å²) in [4.78, 5) is 26.4. The summed E-state index contributed by atoms with van der Waals surface area (Å²) in [6, 6.07) is 18.1. The molecule has 1 unspecified atom stereocenters. The van der Waals surface area contributed by atoms with Crippen LogP contribution in [-0.2, 0) is 4.79 Å². The number of para-hydroxylation sites is 1. The normalized spacial score (nSPS) is 12.1. The fraction of sp³-hybridized carbons (Fsp3) is 0.273. The Morgan fingerprint density at radius 2 is 1.70 bits per heavy atom. The first-order chi connectivity index (χ1) is 13.0. The average molecular weight is 363 g/mol. The van der Waals surface area contributed by atoms with E-state index in [1.165, 1.54) is 10.5 Å². The number of aromatic nitrogens is 1. The van der Waals surface area contributed by atoms with Gasteiger partial charge in [-0.25, -0.2) is 0 Å². The Kier molecular flexibility index (Phi) is 5.72. The van der Waals surface area contributed by atoms with Gasteiger partial charge >= 0.3 is 0 Å². The van der Waals surface area contributed by atoms with Crippen molar-refractivity contribution in [2.75, 3.05) is 27.7 Å². The highest BCUT2D eigenvalue weighted by atomic mass is 16.2. The van der Waals surface area contributed by atoms with E-state index in [9.17, 15) is 9.59 Å². The van der Waals surface area contributed by atoms with E-state index >= 15 is 0 Å². The van der Waals surface area contributed by atoms with Gasteiger partial charge in [0.05, 0.1) is 11.6 Å². The standard InChI is InChI=1S/C22H25N3O2/c1-23-14-13-19(16-9-5-4-6-10-16)25-15-18(21(26)22(27)24(2)3)17-11-7-8-12-20(17)25/h4-12,15,19,23H,13-14H2,1-3H3. The van der Waals surface area contributed by atoms with E-state index in [4.69, 9.17) is 0 Å². The van der Waals surface area contributed by atoms with E-state index in [-0.39, 0.29) is 6.04 Å². The molecule has 0 fully saturated rings. The largest absolute Gasteiger partial charge is 0.342 e. The van der Waals surface area contributed by atoms with Gasteiger partial charge in [0.15, 0.2) is 0 Å². The van der Waals surface area contributed by atoms with Gasteiger partial charge in [-0.05, 0) is 31.6 Å². The topological polar surface area (TPSA) is 54.3 Å². The van der Waals surface area contributed by atoms with Crippen LogP contribution < -0.4 is 5.32 Å². The number of fused-ring (bicyclic) bond motifs is 1. The summed E-state index contributed by atoms with van der Waals surface area (Å²) < 4.78 is 2.12. The molecule has 0 aliphatic carbocycles. The van der Waals surface area contributed by atoms with E-state index in [0.29, 0.717) is 5.56 Å². The predicted octanol–water partition coefficient (Wildman–Crippen LogP) is 3.11. The van der Waals surface area contributed by atoms with Crippen LogP contribution in [0.1, 0.15) is 28.4 Å². The van der Waals surface area contributed by atoms with Crippen molar-refractivity contribution >= 4 is 22.6 Å².